The third-order valence-electron chi connectivity index (χ3n) is 8.43. The molecule has 1 aliphatic carbocycles. The summed E-state index contributed by atoms with van der Waals surface area (Å²) >= 11 is 13.8. The predicted molar refractivity (Wildman–Crippen MR) is 235 cm³/mol. The van der Waals surface area contributed by atoms with Crippen LogP contribution in [0.4, 0.5) is 11.4 Å². The number of aliphatic hydroxyl groups is 1. The third-order valence-corrected chi connectivity index (χ3v) is 10.4. The Bertz CT molecular complexity index is 2750. The van der Waals surface area contributed by atoms with Gasteiger partial charge in [0, 0.05) is 58.5 Å². The Morgan fingerprint density at radius 3 is 1.38 bits per heavy atom. The molecule has 7 aromatic carbocycles. The zero-order valence-corrected chi connectivity index (χ0v) is 35.2. The van der Waals surface area contributed by atoms with Crippen LogP contribution >= 0.6 is 63.7 Å². The molecular weight excluding hydrogens is 960 g/mol. The Kier molecular flexibility index (Phi) is 12.2. The van der Waals surface area contributed by atoms with Crippen LogP contribution in [0, 0.1) is 0 Å². The van der Waals surface area contributed by atoms with Crippen LogP contribution in [0.1, 0.15) is 27.6 Å². The van der Waals surface area contributed by atoms with Crippen molar-refractivity contribution in [3.63, 3.8) is 0 Å². The molecule has 0 unspecified atom stereocenters. The van der Waals surface area contributed by atoms with Gasteiger partial charge in [-0.25, -0.2) is 9.97 Å². The Labute approximate surface area is 348 Å². The summed E-state index contributed by atoms with van der Waals surface area (Å²) in [6, 6.07) is 32.8. The normalized spacial score (nSPS) is 11.5. The van der Waals surface area contributed by atoms with Gasteiger partial charge < -0.3 is 26.8 Å². The fraction of sp³-hybridized carbons (Fsp3) is 0.0476. The number of benzene rings is 7. The largest absolute Gasteiger partial charge is 0.508 e. The predicted octanol–water partition coefficient (Wildman–Crippen LogP) is 11.1. The summed E-state index contributed by atoms with van der Waals surface area (Å²) in [6.07, 6.45) is 0. The van der Waals surface area contributed by atoms with E-state index >= 15 is 0 Å². The fourth-order valence-electron chi connectivity index (χ4n) is 6.00. The molecule has 8 aromatic rings. The van der Waals surface area contributed by atoms with Crippen LogP contribution in [0.15, 0.2) is 127 Å². The fourth-order valence-corrected chi connectivity index (χ4v) is 7.44. The van der Waals surface area contributed by atoms with E-state index in [4.69, 9.17) is 31.6 Å². The number of phenols is 2. The smallest absolute Gasteiger partial charge is 0.234 e. The molecule has 0 saturated heterocycles. The van der Waals surface area contributed by atoms with Crippen molar-refractivity contribution in [2.24, 2.45) is 0 Å². The molecule has 276 valence electrons. The van der Waals surface area contributed by atoms with Crippen molar-refractivity contribution in [1.82, 2.24) is 9.97 Å². The lowest BCUT2D eigenvalue weighted by atomic mass is 9.84. The van der Waals surface area contributed by atoms with Crippen LogP contribution in [-0.2, 0) is 0 Å². The summed E-state index contributed by atoms with van der Waals surface area (Å²) in [6.45, 7) is 1.93. The number of aromatic nitrogens is 2. The number of nitrogens with two attached hydrogens (primary N) is 2. The van der Waals surface area contributed by atoms with Gasteiger partial charge in [-0.15, -0.1) is 0 Å². The highest BCUT2D eigenvalue weighted by Crippen LogP contribution is 2.38. The molecule has 13 heteroatoms. The molecule has 0 saturated carbocycles. The average molecular weight is 990 g/mol. The molecule has 55 heavy (non-hydrogen) atoms. The first-order valence-electron chi connectivity index (χ1n) is 16.5. The highest BCUT2D eigenvalue weighted by molar-refractivity contribution is 9.11. The summed E-state index contributed by atoms with van der Waals surface area (Å²) in [5.41, 5.74) is 17.3. The standard InChI is InChI=1S/C20H10Br2N2O.C14H6Br2O2.C6H8N2O.C2H6O/c21-10-1-4-13-14-5-2-11(22)8-16(14)20-19(15(13)7-10)23-17-6-3-12(25)9-18(17)24-20;15-7-1-3-9-10-4-2-8(16)6-12(10)14(18)13(17)11(9)5-7;7-5-2-1-4(9)3-6(5)8;1-2-3/h1-9,25H;1-6H;1-3,9H,7-8H2;3H,2H2,1H3. The number of aromatic hydroxyl groups is 2. The second-order valence-corrected chi connectivity index (χ2v) is 15.8. The molecular formula is C42H30Br4N4O5. The lowest BCUT2D eigenvalue weighted by molar-refractivity contribution is 0.0815. The second kappa shape index (κ2) is 16.8. The van der Waals surface area contributed by atoms with Crippen LogP contribution in [0.25, 0.3) is 54.7 Å². The minimum Gasteiger partial charge on any atom is -0.508 e. The highest BCUT2D eigenvalue weighted by Gasteiger charge is 2.30. The summed E-state index contributed by atoms with van der Waals surface area (Å²) < 4.78 is 3.59. The van der Waals surface area contributed by atoms with Gasteiger partial charge in [-0.2, -0.15) is 0 Å². The van der Waals surface area contributed by atoms with Gasteiger partial charge in [0.1, 0.15) is 11.5 Å². The third kappa shape index (κ3) is 8.51. The number of hydrogen-bond acceptors (Lipinski definition) is 9. The van der Waals surface area contributed by atoms with Crippen LogP contribution in [-0.4, -0.2) is 43.5 Å². The van der Waals surface area contributed by atoms with Crippen molar-refractivity contribution < 1.29 is 24.9 Å². The van der Waals surface area contributed by atoms with Gasteiger partial charge in [0.25, 0.3) is 0 Å². The quantitative estimate of drug-likeness (QED) is 0.0326. The molecule has 0 amide bonds. The number of carbonyl (C=O) groups is 2. The maximum atomic E-state index is 12.1. The number of ketones is 2. The summed E-state index contributed by atoms with van der Waals surface area (Å²) in [4.78, 5) is 33.8. The Hall–Kier alpha value is -4.92. The molecule has 9 nitrogen and oxygen atoms in total. The van der Waals surface area contributed by atoms with Gasteiger partial charge in [-0.1, -0.05) is 88.0 Å². The van der Waals surface area contributed by atoms with Crippen molar-refractivity contribution in [2.45, 2.75) is 6.92 Å². The van der Waals surface area contributed by atoms with E-state index in [2.05, 4.69) is 88.0 Å². The van der Waals surface area contributed by atoms with Gasteiger partial charge in [0.2, 0.25) is 11.6 Å². The van der Waals surface area contributed by atoms with Gasteiger partial charge in [0.05, 0.1) is 33.4 Å². The van der Waals surface area contributed by atoms with Crippen LogP contribution in [0.2, 0.25) is 0 Å². The number of fused-ring (bicyclic) bond motifs is 10. The molecule has 7 N–H and O–H groups in total. The van der Waals surface area contributed by atoms with Crippen molar-refractivity contribution in [3.8, 4) is 22.6 Å². The first-order chi connectivity index (χ1) is 26.3. The van der Waals surface area contributed by atoms with Gasteiger partial charge in [0.15, 0.2) is 0 Å². The summed E-state index contributed by atoms with van der Waals surface area (Å²) in [5.74, 6) is -0.564. The van der Waals surface area contributed by atoms with E-state index in [1.165, 1.54) is 12.1 Å². The number of halogens is 4. The second-order valence-electron chi connectivity index (χ2n) is 12.1. The Morgan fingerprint density at radius 2 is 0.909 bits per heavy atom. The molecule has 0 aliphatic heterocycles. The molecule has 0 bridgehead atoms. The molecule has 0 fully saturated rings. The minimum atomic E-state index is -0.447. The monoisotopic (exact) mass is 986 g/mol. The van der Waals surface area contributed by atoms with Crippen molar-refractivity contribution >= 4 is 130 Å². The summed E-state index contributed by atoms with van der Waals surface area (Å²) in [7, 11) is 0. The number of nitrogen functional groups attached to an aromatic ring is 2. The first-order valence-corrected chi connectivity index (χ1v) is 19.7. The molecule has 1 aromatic heterocycles. The zero-order valence-electron chi connectivity index (χ0n) is 28.8. The average Bonchev–Trinajstić information content (AvgIpc) is 3.16. The number of Topliss-reactive ketones (excluding diaryl/α,β-unsaturated/α-hetero) is 2. The van der Waals surface area contributed by atoms with E-state index in [1.54, 1.807) is 43.3 Å². The number of rotatable bonds is 0. The van der Waals surface area contributed by atoms with Crippen molar-refractivity contribution in [2.75, 3.05) is 18.1 Å². The van der Waals surface area contributed by atoms with E-state index in [-0.39, 0.29) is 18.1 Å². The first kappa shape index (κ1) is 39.8. The lowest BCUT2D eigenvalue weighted by Crippen LogP contribution is -2.21. The molecule has 0 spiro atoms. The Morgan fingerprint density at radius 1 is 0.491 bits per heavy atom. The zero-order chi connectivity index (χ0) is 39.6. The van der Waals surface area contributed by atoms with Crippen molar-refractivity contribution in [1.29, 1.82) is 0 Å². The molecule has 9 rings (SSSR count). The van der Waals surface area contributed by atoms with E-state index in [9.17, 15) is 14.7 Å². The molecule has 1 aliphatic rings. The van der Waals surface area contributed by atoms with Gasteiger partial charge in [-0.3, -0.25) is 9.59 Å². The van der Waals surface area contributed by atoms with Gasteiger partial charge >= 0.3 is 0 Å². The van der Waals surface area contributed by atoms with E-state index < -0.39 is 11.6 Å². The number of phenolic OH excluding ortho intramolecular Hbond substituents is 2. The Balaban J connectivity index is 0.000000149. The number of aliphatic hydroxyl groups excluding tert-OH is 1. The van der Waals surface area contributed by atoms with E-state index in [1.807, 2.05) is 36.4 Å². The van der Waals surface area contributed by atoms with Crippen LogP contribution < -0.4 is 11.5 Å². The molecule has 0 atom stereocenters. The number of anilines is 2. The van der Waals surface area contributed by atoms with Gasteiger partial charge in [-0.05, 0) is 102 Å². The van der Waals surface area contributed by atoms with Crippen LogP contribution in [0.5, 0.6) is 11.5 Å². The van der Waals surface area contributed by atoms with Crippen LogP contribution in [0.3, 0.4) is 0 Å². The van der Waals surface area contributed by atoms with E-state index in [0.717, 1.165) is 67.1 Å². The maximum Gasteiger partial charge on any atom is 0.234 e. The summed E-state index contributed by atoms with van der Waals surface area (Å²) in [5, 5.41) is 30.5. The lowest BCUT2D eigenvalue weighted by Gasteiger charge is -2.18. The van der Waals surface area contributed by atoms with Crippen molar-refractivity contribution in [3.05, 3.63) is 138 Å². The topological polar surface area (TPSA) is 173 Å². The molecule has 0 radical (unpaired) electrons. The number of hydrogen-bond donors (Lipinski definition) is 5. The highest BCUT2D eigenvalue weighted by atomic mass is 79.9. The SMILES string of the molecule is CCO.Nc1ccc(O)cc1N.O=C1C(=O)c2cc(Br)ccc2-c2ccc(Br)cc21.Oc1ccc2nc3c4cc(Br)ccc4c4ccc(Br)cc4c3nc2c1. The number of nitrogens with zero attached hydrogens (tertiary/aromatic N) is 2. The minimum absolute atomic E-state index is 0.140. The van der Waals surface area contributed by atoms with E-state index in [0.29, 0.717) is 28.0 Å². The number of carbonyl (C=O) groups excluding carboxylic acids is 2. The maximum absolute atomic E-state index is 12.1. The molecule has 1 heterocycles.